The number of hydrogen-bond acceptors (Lipinski definition) is 7. The molecule has 130 valence electrons. The summed E-state index contributed by atoms with van der Waals surface area (Å²) in [5, 5.41) is 3.33. The highest BCUT2D eigenvalue weighted by Crippen LogP contribution is 2.06. The van der Waals surface area contributed by atoms with E-state index in [0.717, 1.165) is 11.8 Å². The Balaban J connectivity index is 2.22. The number of hydrogen-bond donors (Lipinski definition) is 0. The summed E-state index contributed by atoms with van der Waals surface area (Å²) < 4.78 is 9.95. The molecule has 0 amide bonds. The minimum absolute atomic E-state index is 0.0965. The molecule has 0 radical (unpaired) electrons. The van der Waals surface area contributed by atoms with Crippen molar-refractivity contribution in [2.75, 3.05) is 6.61 Å². The van der Waals surface area contributed by atoms with Crippen molar-refractivity contribution in [3.8, 4) is 0 Å². The molecule has 0 atom stereocenters. The molecule has 24 heavy (non-hydrogen) atoms. The van der Waals surface area contributed by atoms with Gasteiger partial charge in [0.2, 0.25) is 6.61 Å². The first-order chi connectivity index (χ1) is 11.3. The minimum atomic E-state index is -0.664. The van der Waals surface area contributed by atoms with E-state index in [4.69, 9.17) is 9.47 Å². The van der Waals surface area contributed by atoms with E-state index in [2.05, 4.69) is 9.99 Å². The molecule has 0 unspecified atom stereocenters. The standard InChI is InChI=1S/C17H21NO6/c1-17(2,3)24-16(21)12-23-18-10-14(19)9-15(20)22-11-13-7-5-4-6-8-13/h4-8,10H,9,11-12H2,1-3H3. The highest BCUT2D eigenvalue weighted by molar-refractivity contribution is 6.31. The van der Waals surface area contributed by atoms with Gasteiger partial charge in [-0.25, -0.2) is 4.79 Å². The Bertz CT molecular complexity index is 589. The maximum Gasteiger partial charge on any atom is 0.347 e. The molecule has 7 heteroatoms. The number of ketones is 1. The molecule has 7 nitrogen and oxygen atoms in total. The summed E-state index contributed by atoms with van der Waals surface area (Å²) in [6.45, 7) is 4.84. The first-order valence-corrected chi connectivity index (χ1v) is 7.36. The Labute approximate surface area is 140 Å². The van der Waals surface area contributed by atoms with Crippen LogP contribution in [0.5, 0.6) is 0 Å². The van der Waals surface area contributed by atoms with Gasteiger partial charge in [0.25, 0.3) is 0 Å². The minimum Gasteiger partial charge on any atom is -0.460 e. The van der Waals surface area contributed by atoms with Gasteiger partial charge in [0.15, 0.2) is 5.78 Å². The largest absolute Gasteiger partial charge is 0.460 e. The average molecular weight is 335 g/mol. The van der Waals surface area contributed by atoms with Crippen molar-refractivity contribution in [3.05, 3.63) is 35.9 Å². The van der Waals surface area contributed by atoms with Gasteiger partial charge in [0.05, 0.1) is 0 Å². The number of benzene rings is 1. The molecular formula is C17H21NO6. The van der Waals surface area contributed by atoms with Gasteiger partial charge in [-0.1, -0.05) is 35.5 Å². The van der Waals surface area contributed by atoms with Crippen LogP contribution >= 0.6 is 0 Å². The van der Waals surface area contributed by atoms with Gasteiger partial charge in [-0.05, 0) is 26.3 Å². The Morgan fingerprint density at radius 3 is 2.38 bits per heavy atom. The van der Waals surface area contributed by atoms with Crippen LogP contribution in [0.15, 0.2) is 35.5 Å². The average Bonchev–Trinajstić information content (AvgIpc) is 2.49. The van der Waals surface area contributed by atoms with Crippen LogP contribution in [0.3, 0.4) is 0 Å². The van der Waals surface area contributed by atoms with E-state index in [1.807, 2.05) is 18.2 Å². The van der Waals surface area contributed by atoms with Crippen LogP contribution in [0, 0.1) is 0 Å². The predicted octanol–water partition coefficient (Wildman–Crippen LogP) is 2.03. The highest BCUT2D eigenvalue weighted by Gasteiger charge is 2.16. The Morgan fingerprint density at radius 1 is 1.08 bits per heavy atom. The lowest BCUT2D eigenvalue weighted by atomic mass is 10.2. The van der Waals surface area contributed by atoms with Crippen molar-refractivity contribution in [1.82, 2.24) is 0 Å². The second-order valence-electron chi connectivity index (χ2n) is 5.88. The number of nitrogens with zero attached hydrogens (tertiary/aromatic N) is 1. The molecule has 1 aromatic carbocycles. The maximum absolute atomic E-state index is 11.5. The molecule has 0 fully saturated rings. The number of rotatable bonds is 8. The number of Topliss-reactive ketones (excluding diaryl/α,β-unsaturated/α-hetero) is 1. The molecule has 0 saturated heterocycles. The van der Waals surface area contributed by atoms with Crippen molar-refractivity contribution < 1.29 is 28.7 Å². The fourth-order valence-electron chi connectivity index (χ4n) is 1.53. The first kappa shape index (κ1) is 19.3. The van der Waals surface area contributed by atoms with E-state index in [-0.39, 0.29) is 6.61 Å². The number of carbonyl (C=O) groups is 3. The molecule has 1 aromatic rings. The van der Waals surface area contributed by atoms with Gasteiger partial charge in [-0.2, -0.15) is 0 Å². The molecular weight excluding hydrogens is 314 g/mol. The third kappa shape index (κ3) is 9.34. The van der Waals surface area contributed by atoms with Crippen LogP contribution in [-0.2, 0) is 35.3 Å². The fourth-order valence-corrected chi connectivity index (χ4v) is 1.53. The van der Waals surface area contributed by atoms with E-state index in [0.29, 0.717) is 0 Å². The van der Waals surface area contributed by atoms with Crippen molar-refractivity contribution in [1.29, 1.82) is 0 Å². The number of ether oxygens (including phenoxy) is 2. The fraction of sp³-hybridized carbons (Fsp3) is 0.412. The summed E-state index contributed by atoms with van der Waals surface area (Å²) in [7, 11) is 0. The first-order valence-electron chi connectivity index (χ1n) is 7.36. The zero-order chi connectivity index (χ0) is 18.0. The van der Waals surface area contributed by atoms with Crippen molar-refractivity contribution in [3.63, 3.8) is 0 Å². The van der Waals surface area contributed by atoms with Gasteiger partial charge in [0.1, 0.15) is 24.8 Å². The third-order valence-corrected chi connectivity index (χ3v) is 2.43. The van der Waals surface area contributed by atoms with Crippen LogP contribution in [-0.4, -0.2) is 36.1 Å². The van der Waals surface area contributed by atoms with Crippen LogP contribution < -0.4 is 0 Å². The summed E-state index contributed by atoms with van der Waals surface area (Å²) in [4.78, 5) is 39.0. The molecule has 0 bridgehead atoms. The van der Waals surface area contributed by atoms with Gasteiger partial charge < -0.3 is 14.3 Å². The van der Waals surface area contributed by atoms with Gasteiger partial charge >= 0.3 is 11.9 Å². The topological polar surface area (TPSA) is 91.3 Å². The summed E-state index contributed by atoms with van der Waals surface area (Å²) >= 11 is 0. The van der Waals surface area contributed by atoms with Gasteiger partial charge in [-0.3, -0.25) is 9.59 Å². The van der Waals surface area contributed by atoms with E-state index in [1.54, 1.807) is 32.9 Å². The van der Waals surface area contributed by atoms with Crippen molar-refractivity contribution >= 4 is 23.9 Å². The quantitative estimate of drug-likeness (QED) is 0.312. The SMILES string of the molecule is CC(C)(C)OC(=O)CON=CC(=O)CC(=O)OCc1ccccc1. The van der Waals surface area contributed by atoms with Gasteiger partial charge in [-0.15, -0.1) is 0 Å². The molecule has 0 aliphatic carbocycles. The molecule has 1 rings (SSSR count). The zero-order valence-electron chi connectivity index (χ0n) is 14.0. The van der Waals surface area contributed by atoms with E-state index in [1.165, 1.54) is 0 Å². The third-order valence-electron chi connectivity index (χ3n) is 2.43. The number of oxime groups is 1. The Morgan fingerprint density at radius 2 is 1.75 bits per heavy atom. The summed E-state index contributed by atoms with van der Waals surface area (Å²) in [5.41, 5.74) is 0.204. The molecule has 0 N–H and O–H groups in total. The molecule has 0 aliphatic heterocycles. The zero-order valence-corrected chi connectivity index (χ0v) is 14.0. The lowest BCUT2D eigenvalue weighted by Gasteiger charge is -2.18. The van der Waals surface area contributed by atoms with Crippen LogP contribution in [0.25, 0.3) is 0 Å². The van der Waals surface area contributed by atoms with Crippen LogP contribution in [0.2, 0.25) is 0 Å². The Kier molecular flexibility index (Phi) is 7.61. The van der Waals surface area contributed by atoms with Crippen molar-refractivity contribution in [2.24, 2.45) is 5.16 Å². The summed E-state index contributed by atoms with van der Waals surface area (Å²) in [6.07, 6.45) is 0.375. The molecule has 0 heterocycles. The summed E-state index contributed by atoms with van der Waals surface area (Å²) in [5.74, 6) is -1.85. The van der Waals surface area contributed by atoms with E-state index < -0.39 is 36.4 Å². The highest BCUT2D eigenvalue weighted by atomic mass is 16.7. The number of esters is 2. The monoisotopic (exact) mass is 335 g/mol. The normalized spacial score (nSPS) is 11.1. The second-order valence-corrected chi connectivity index (χ2v) is 5.88. The molecule has 0 saturated carbocycles. The number of carbonyl (C=O) groups excluding carboxylic acids is 3. The second kappa shape index (κ2) is 9.44. The van der Waals surface area contributed by atoms with Crippen LogP contribution in [0.4, 0.5) is 0 Å². The van der Waals surface area contributed by atoms with Crippen molar-refractivity contribution in [2.45, 2.75) is 39.4 Å². The summed E-state index contributed by atoms with van der Waals surface area (Å²) in [6, 6.07) is 9.11. The van der Waals surface area contributed by atoms with Crippen LogP contribution in [0.1, 0.15) is 32.8 Å². The molecule has 0 spiro atoms. The predicted molar refractivity (Wildman–Crippen MR) is 86.2 cm³/mol. The lowest BCUT2D eigenvalue weighted by molar-refractivity contribution is -0.160. The molecule has 0 aliphatic rings. The smallest absolute Gasteiger partial charge is 0.347 e. The maximum atomic E-state index is 11.5. The van der Waals surface area contributed by atoms with E-state index >= 15 is 0 Å². The molecule has 0 aromatic heterocycles. The van der Waals surface area contributed by atoms with Gasteiger partial charge in [0, 0.05) is 0 Å². The lowest BCUT2D eigenvalue weighted by Crippen LogP contribution is -2.26. The van der Waals surface area contributed by atoms with E-state index in [9.17, 15) is 14.4 Å². The Hall–Kier alpha value is -2.70.